The summed E-state index contributed by atoms with van der Waals surface area (Å²) in [5, 5.41) is 4.28. The summed E-state index contributed by atoms with van der Waals surface area (Å²) in [6, 6.07) is 12.9. The lowest BCUT2D eigenvalue weighted by molar-refractivity contribution is -0.137. The molecular formula is C21H20F3N5O. The number of benzene rings is 2. The molecule has 0 atom stereocenters. The van der Waals surface area contributed by atoms with Crippen molar-refractivity contribution in [1.82, 2.24) is 19.7 Å². The van der Waals surface area contributed by atoms with Gasteiger partial charge in [-0.05, 0) is 37.3 Å². The van der Waals surface area contributed by atoms with Crippen LogP contribution in [-0.4, -0.2) is 51.8 Å². The van der Waals surface area contributed by atoms with Crippen LogP contribution in [0.1, 0.15) is 21.7 Å². The lowest BCUT2D eigenvalue weighted by Crippen LogP contribution is -2.49. The van der Waals surface area contributed by atoms with Gasteiger partial charge in [-0.2, -0.15) is 13.2 Å². The smallest absolute Gasteiger partial charge is 0.368 e. The molecule has 30 heavy (non-hydrogen) atoms. The molecule has 1 amide bonds. The number of rotatable bonds is 3. The van der Waals surface area contributed by atoms with E-state index in [1.54, 1.807) is 15.6 Å². The van der Waals surface area contributed by atoms with E-state index in [1.165, 1.54) is 12.4 Å². The molecule has 0 N–H and O–H groups in total. The second-order valence-corrected chi connectivity index (χ2v) is 7.18. The van der Waals surface area contributed by atoms with Crippen LogP contribution in [0.3, 0.4) is 0 Å². The highest BCUT2D eigenvalue weighted by Gasteiger charge is 2.31. The number of halogens is 3. The fraction of sp³-hybridized carbons (Fsp3) is 0.286. The Hall–Kier alpha value is -3.36. The van der Waals surface area contributed by atoms with Crippen LogP contribution in [0.5, 0.6) is 0 Å². The molecule has 1 aliphatic rings. The van der Waals surface area contributed by atoms with E-state index in [0.717, 1.165) is 23.4 Å². The normalized spacial score (nSPS) is 14.8. The number of nitrogens with zero attached hydrogens (tertiary/aromatic N) is 5. The van der Waals surface area contributed by atoms with Gasteiger partial charge in [0.25, 0.3) is 5.91 Å². The van der Waals surface area contributed by atoms with E-state index in [-0.39, 0.29) is 11.7 Å². The molecule has 2 heterocycles. The molecule has 4 rings (SSSR count). The van der Waals surface area contributed by atoms with Crippen LogP contribution < -0.4 is 4.90 Å². The molecular weight excluding hydrogens is 395 g/mol. The Morgan fingerprint density at radius 2 is 1.67 bits per heavy atom. The third-order valence-electron chi connectivity index (χ3n) is 5.09. The van der Waals surface area contributed by atoms with Gasteiger partial charge in [-0.1, -0.05) is 23.8 Å². The quantitative estimate of drug-likeness (QED) is 0.657. The number of carbonyl (C=O) groups excluding carboxylic acids is 1. The molecule has 1 aromatic heterocycles. The third kappa shape index (κ3) is 4.14. The SMILES string of the molecule is Cc1ccc(-n2cnc(C(=O)N3CCN(c4cccc(C(F)(F)F)c4)CC3)n2)cc1. The lowest BCUT2D eigenvalue weighted by atomic mass is 10.1. The van der Waals surface area contributed by atoms with Gasteiger partial charge in [-0.25, -0.2) is 9.67 Å². The van der Waals surface area contributed by atoms with Gasteiger partial charge in [0.2, 0.25) is 5.82 Å². The van der Waals surface area contributed by atoms with Crippen molar-refractivity contribution in [3.63, 3.8) is 0 Å². The Morgan fingerprint density at radius 1 is 0.967 bits per heavy atom. The minimum absolute atomic E-state index is 0.100. The Labute approximate surface area is 171 Å². The van der Waals surface area contributed by atoms with E-state index in [4.69, 9.17) is 0 Å². The Bertz CT molecular complexity index is 1040. The van der Waals surface area contributed by atoms with E-state index < -0.39 is 11.7 Å². The largest absolute Gasteiger partial charge is 0.416 e. The number of piperazine rings is 1. The van der Waals surface area contributed by atoms with Crippen molar-refractivity contribution in [3.8, 4) is 5.69 Å². The number of amides is 1. The highest BCUT2D eigenvalue weighted by molar-refractivity contribution is 5.90. The number of anilines is 1. The predicted molar refractivity (Wildman–Crippen MR) is 106 cm³/mol. The number of alkyl halides is 3. The average Bonchev–Trinajstić information content (AvgIpc) is 3.24. The predicted octanol–water partition coefficient (Wildman–Crippen LogP) is 3.56. The summed E-state index contributed by atoms with van der Waals surface area (Å²) >= 11 is 0. The van der Waals surface area contributed by atoms with Crippen molar-refractivity contribution in [2.24, 2.45) is 0 Å². The standard InChI is InChI=1S/C21H20F3N5O/c1-15-5-7-17(8-6-15)29-14-25-19(26-29)20(30)28-11-9-27(10-12-28)18-4-2-3-16(13-18)21(22,23)24/h2-8,13-14H,9-12H2,1H3. The number of hydrogen-bond donors (Lipinski definition) is 0. The van der Waals surface area contributed by atoms with Crippen LogP contribution in [-0.2, 0) is 6.18 Å². The van der Waals surface area contributed by atoms with Crippen molar-refractivity contribution < 1.29 is 18.0 Å². The molecule has 1 saturated heterocycles. The zero-order valence-electron chi connectivity index (χ0n) is 16.3. The summed E-state index contributed by atoms with van der Waals surface area (Å²) in [5.74, 6) is -0.187. The van der Waals surface area contributed by atoms with E-state index >= 15 is 0 Å². The van der Waals surface area contributed by atoms with Crippen molar-refractivity contribution in [2.45, 2.75) is 13.1 Å². The maximum absolute atomic E-state index is 12.9. The van der Waals surface area contributed by atoms with Gasteiger partial charge in [0.15, 0.2) is 0 Å². The summed E-state index contributed by atoms with van der Waals surface area (Å²) in [6.07, 6.45) is -2.88. The monoisotopic (exact) mass is 415 g/mol. The Balaban J connectivity index is 1.41. The first-order valence-corrected chi connectivity index (χ1v) is 9.51. The summed E-state index contributed by atoms with van der Waals surface area (Å²) in [7, 11) is 0. The molecule has 6 nitrogen and oxygen atoms in total. The first-order chi connectivity index (χ1) is 14.3. The highest BCUT2D eigenvalue weighted by atomic mass is 19.4. The molecule has 0 spiro atoms. The molecule has 0 unspecified atom stereocenters. The maximum atomic E-state index is 12.9. The molecule has 0 saturated carbocycles. The second-order valence-electron chi connectivity index (χ2n) is 7.18. The molecule has 9 heteroatoms. The van der Waals surface area contributed by atoms with Crippen LogP contribution in [0.4, 0.5) is 18.9 Å². The molecule has 156 valence electrons. The molecule has 1 fully saturated rings. The van der Waals surface area contributed by atoms with Crippen molar-refractivity contribution >= 4 is 11.6 Å². The van der Waals surface area contributed by atoms with Crippen LogP contribution in [0.2, 0.25) is 0 Å². The molecule has 0 radical (unpaired) electrons. The van der Waals surface area contributed by atoms with Gasteiger partial charge >= 0.3 is 6.18 Å². The zero-order valence-corrected chi connectivity index (χ0v) is 16.3. The summed E-state index contributed by atoms with van der Waals surface area (Å²) in [5.41, 5.74) is 1.75. The molecule has 2 aromatic carbocycles. The minimum atomic E-state index is -4.38. The molecule has 0 aliphatic carbocycles. The molecule has 0 bridgehead atoms. The number of aromatic nitrogens is 3. The van der Waals surface area contributed by atoms with E-state index in [2.05, 4.69) is 10.1 Å². The van der Waals surface area contributed by atoms with Crippen LogP contribution in [0, 0.1) is 6.92 Å². The molecule has 3 aromatic rings. The first kappa shape index (κ1) is 19.9. The lowest BCUT2D eigenvalue weighted by Gasteiger charge is -2.35. The Kier molecular flexibility index (Phi) is 5.19. The van der Waals surface area contributed by atoms with Gasteiger partial charge in [0.05, 0.1) is 11.3 Å². The fourth-order valence-corrected chi connectivity index (χ4v) is 3.37. The number of carbonyl (C=O) groups is 1. The highest BCUT2D eigenvalue weighted by Crippen LogP contribution is 2.31. The summed E-state index contributed by atoms with van der Waals surface area (Å²) in [6.45, 7) is 3.62. The zero-order chi connectivity index (χ0) is 21.3. The van der Waals surface area contributed by atoms with Gasteiger partial charge in [-0.3, -0.25) is 4.79 Å². The average molecular weight is 415 g/mol. The van der Waals surface area contributed by atoms with Gasteiger partial charge < -0.3 is 9.80 Å². The van der Waals surface area contributed by atoms with Crippen LogP contribution in [0.15, 0.2) is 54.9 Å². The summed E-state index contributed by atoms with van der Waals surface area (Å²) < 4.78 is 40.4. The van der Waals surface area contributed by atoms with E-state index in [9.17, 15) is 18.0 Å². The maximum Gasteiger partial charge on any atom is 0.416 e. The second kappa shape index (κ2) is 7.81. The minimum Gasteiger partial charge on any atom is -0.368 e. The number of aryl methyl sites for hydroxylation is 1. The van der Waals surface area contributed by atoms with E-state index in [0.29, 0.717) is 31.9 Å². The van der Waals surface area contributed by atoms with Crippen LogP contribution >= 0.6 is 0 Å². The fourth-order valence-electron chi connectivity index (χ4n) is 3.37. The van der Waals surface area contributed by atoms with Crippen molar-refractivity contribution in [1.29, 1.82) is 0 Å². The van der Waals surface area contributed by atoms with Gasteiger partial charge in [0.1, 0.15) is 6.33 Å². The van der Waals surface area contributed by atoms with Crippen LogP contribution in [0.25, 0.3) is 5.69 Å². The topological polar surface area (TPSA) is 54.3 Å². The first-order valence-electron chi connectivity index (χ1n) is 9.51. The van der Waals surface area contributed by atoms with Gasteiger partial charge in [0, 0.05) is 31.9 Å². The summed E-state index contributed by atoms with van der Waals surface area (Å²) in [4.78, 5) is 20.3. The van der Waals surface area contributed by atoms with Crippen molar-refractivity contribution in [3.05, 3.63) is 71.8 Å². The van der Waals surface area contributed by atoms with Crippen molar-refractivity contribution in [2.75, 3.05) is 31.1 Å². The molecule has 1 aliphatic heterocycles. The van der Waals surface area contributed by atoms with E-state index in [1.807, 2.05) is 36.1 Å². The Morgan fingerprint density at radius 3 is 2.33 bits per heavy atom. The van der Waals surface area contributed by atoms with Gasteiger partial charge in [-0.15, -0.1) is 5.10 Å². The third-order valence-corrected chi connectivity index (χ3v) is 5.09. The number of hydrogen-bond acceptors (Lipinski definition) is 4.